The Labute approximate surface area is 108 Å². The minimum Gasteiger partial charge on any atom is -0.409 e. The lowest BCUT2D eigenvalue weighted by molar-refractivity contribution is 0.316. The molecule has 1 aromatic rings. The van der Waals surface area contributed by atoms with Gasteiger partial charge in [-0.2, -0.15) is 0 Å². The van der Waals surface area contributed by atoms with Gasteiger partial charge in [0.15, 0.2) is 5.84 Å². The van der Waals surface area contributed by atoms with Crippen LogP contribution in [0, 0.1) is 6.92 Å². The first-order valence-corrected chi connectivity index (χ1v) is 5.82. The summed E-state index contributed by atoms with van der Waals surface area (Å²) in [4.78, 5) is 0. The molecule has 0 amide bonds. The van der Waals surface area contributed by atoms with E-state index in [1.165, 1.54) is 0 Å². The van der Waals surface area contributed by atoms with Crippen LogP contribution in [0.3, 0.4) is 0 Å². The van der Waals surface area contributed by atoms with Crippen molar-refractivity contribution in [3.8, 4) is 0 Å². The van der Waals surface area contributed by atoms with Crippen molar-refractivity contribution in [3.05, 3.63) is 27.2 Å². The summed E-state index contributed by atoms with van der Waals surface area (Å²) in [6.07, 6.45) is 0. The van der Waals surface area contributed by atoms with E-state index >= 15 is 0 Å². The van der Waals surface area contributed by atoms with Gasteiger partial charge in [-0.3, -0.25) is 0 Å². The molecule has 1 unspecified atom stereocenters. The summed E-state index contributed by atoms with van der Waals surface area (Å²) in [5.74, 6) is 0.114. The molecule has 0 spiro atoms. The van der Waals surface area contributed by atoms with Gasteiger partial charge in [-0.05, 0) is 47.5 Å². The highest BCUT2D eigenvalue weighted by Gasteiger charge is 2.10. The molecule has 0 aliphatic heterocycles. The molecule has 0 saturated carbocycles. The summed E-state index contributed by atoms with van der Waals surface area (Å²) in [5.41, 5.74) is 7.25. The maximum Gasteiger partial charge on any atom is 0.161 e. The molecule has 4 N–H and O–H groups in total. The molecule has 0 bridgehead atoms. The fourth-order valence-electron chi connectivity index (χ4n) is 1.15. The molecule has 6 heteroatoms. The van der Waals surface area contributed by atoms with Crippen molar-refractivity contribution in [2.45, 2.75) is 19.9 Å². The minimum absolute atomic E-state index is 0.114. The normalized spacial score (nSPS) is 13.6. The number of amidine groups is 1. The Morgan fingerprint density at radius 2 is 2.25 bits per heavy atom. The fourth-order valence-corrected chi connectivity index (χ4v) is 1.89. The Balaban J connectivity index is 2.94. The molecule has 0 aliphatic rings. The third-order valence-electron chi connectivity index (χ3n) is 2.18. The summed E-state index contributed by atoms with van der Waals surface area (Å²) < 4.78 is 0.881. The minimum atomic E-state index is -0.278. The molecular weight excluding hydrogens is 293 g/mol. The smallest absolute Gasteiger partial charge is 0.161 e. The van der Waals surface area contributed by atoms with E-state index in [9.17, 15) is 0 Å². The van der Waals surface area contributed by atoms with E-state index in [2.05, 4.69) is 26.4 Å². The molecule has 0 heterocycles. The van der Waals surface area contributed by atoms with Gasteiger partial charge in [-0.1, -0.05) is 16.8 Å². The number of aryl methyl sites for hydroxylation is 1. The van der Waals surface area contributed by atoms with E-state index in [0.29, 0.717) is 5.02 Å². The second kappa shape index (κ2) is 5.41. The molecule has 0 aromatic heterocycles. The van der Waals surface area contributed by atoms with Crippen molar-refractivity contribution >= 4 is 39.1 Å². The molecule has 16 heavy (non-hydrogen) atoms. The SMILES string of the molecule is Cc1cc(Br)c(NC(C)/C(N)=N/O)cc1Cl. The molecule has 0 fully saturated rings. The number of hydrogen-bond donors (Lipinski definition) is 3. The molecule has 1 rings (SSSR count). The lowest BCUT2D eigenvalue weighted by atomic mass is 10.2. The van der Waals surface area contributed by atoms with Gasteiger partial charge in [0.25, 0.3) is 0 Å². The number of rotatable bonds is 3. The van der Waals surface area contributed by atoms with Crippen molar-refractivity contribution < 1.29 is 5.21 Å². The topological polar surface area (TPSA) is 70.6 Å². The van der Waals surface area contributed by atoms with E-state index in [1.807, 2.05) is 13.0 Å². The van der Waals surface area contributed by atoms with Gasteiger partial charge in [0, 0.05) is 9.50 Å². The largest absolute Gasteiger partial charge is 0.409 e. The molecular formula is C10H13BrClN3O. The zero-order valence-corrected chi connectivity index (χ0v) is 11.3. The van der Waals surface area contributed by atoms with Crippen LogP contribution in [0.5, 0.6) is 0 Å². The van der Waals surface area contributed by atoms with Crippen molar-refractivity contribution in [2.75, 3.05) is 5.32 Å². The number of halogens is 2. The maximum absolute atomic E-state index is 8.54. The highest BCUT2D eigenvalue weighted by Crippen LogP contribution is 2.29. The average Bonchev–Trinajstić information content (AvgIpc) is 2.24. The second-order valence-corrected chi connectivity index (χ2v) is 4.73. The zero-order valence-electron chi connectivity index (χ0n) is 8.96. The highest BCUT2D eigenvalue weighted by molar-refractivity contribution is 9.10. The quantitative estimate of drug-likeness (QED) is 0.348. The summed E-state index contributed by atoms with van der Waals surface area (Å²) >= 11 is 9.43. The van der Waals surface area contributed by atoms with E-state index in [1.54, 1.807) is 13.0 Å². The van der Waals surface area contributed by atoms with Gasteiger partial charge in [0.2, 0.25) is 0 Å². The van der Waals surface area contributed by atoms with E-state index in [4.69, 9.17) is 22.5 Å². The average molecular weight is 307 g/mol. The van der Waals surface area contributed by atoms with Gasteiger partial charge in [-0.25, -0.2) is 0 Å². The zero-order chi connectivity index (χ0) is 12.3. The van der Waals surface area contributed by atoms with Crippen LogP contribution < -0.4 is 11.1 Å². The van der Waals surface area contributed by atoms with Crippen LogP contribution >= 0.6 is 27.5 Å². The van der Waals surface area contributed by atoms with Crippen LogP contribution in [0.2, 0.25) is 5.02 Å². The van der Waals surface area contributed by atoms with Crippen LogP contribution in [0.1, 0.15) is 12.5 Å². The molecule has 88 valence electrons. The number of nitrogens with two attached hydrogens (primary N) is 1. The Hall–Kier alpha value is -0.940. The molecule has 0 aliphatic carbocycles. The summed E-state index contributed by atoms with van der Waals surface area (Å²) in [6, 6.07) is 3.42. The first-order valence-electron chi connectivity index (χ1n) is 4.65. The lowest BCUT2D eigenvalue weighted by Gasteiger charge is -2.16. The molecule has 0 saturated heterocycles. The number of benzene rings is 1. The number of nitrogens with zero attached hydrogens (tertiary/aromatic N) is 1. The fraction of sp³-hybridized carbons (Fsp3) is 0.300. The van der Waals surface area contributed by atoms with Gasteiger partial charge in [0.1, 0.15) is 0 Å². The summed E-state index contributed by atoms with van der Waals surface area (Å²) in [7, 11) is 0. The van der Waals surface area contributed by atoms with Crippen LogP contribution in [0.15, 0.2) is 21.8 Å². The Morgan fingerprint density at radius 1 is 1.62 bits per heavy atom. The summed E-state index contributed by atoms with van der Waals surface area (Å²) in [6.45, 7) is 3.71. The van der Waals surface area contributed by atoms with Crippen molar-refractivity contribution in [1.29, 1.82) is 0 Å². The molecule has 4 nitrogen and oxygen atoms in total. The van der Waals surface area contributed by atoms with E-state index in [-0.39, 0.29) is 11.9 Å². The third-order valence-corrected chi connectivity index (χ3v) is 3.24. The van der Waals surface area contributed by atoms with E-state index in [0.717, 1.165) is 15.7 Å². The number of oxime groups is 1. The van der Waals surface area contributed by atoms with Gasteiger partial charge in [0.05, 0.1) is 11.7 Å². The predicted molar refractivity (Wildman–Crippen MR) is 70.4 cm³/mol. The van der Waals surface area contributed by atoms with Crippen LogP contribution in [-0.4, -0.2) is 17.1 Å². The molecule has 1 atom stereocenters. The second-order valence-electron chi connectivity index (χ2n) is 3.47. The van der Waals surface area contributed by atoms with Crippen LogP contribution in [0.4, 0.5) is 5.69 Å². The van der Waals surface area contributed by atoms with Crippen LogP contribution in [-0.2, 0) is 0 Å². The van der Waals surface area contributed by atoms with Crippen molar-refractivity contribution in [2.24, 2.45) is 10.9 Å². The first kappa shape index (κ1) is 13.1. The number of anilines is 1. The third kappa shape index (κ3) is 3.02. The van der Waals surface area contributed by atoms with Crippen LogP contribution in [0.25, 0.3) is 0 Å². The molecule has 1 aromatic carbocycles. The predicted octanol–water partition coefficient (Wildman–Crippen LogP) is 2.96. The standard InChI is InChI=1S/C10H13BrClN3O/c1-5-3-7(11)9(4-8(5)12)14-6(2)10(13)15-16/h3-4,6,14,16H,1-2H3,(H2,13,15). The monoisotopic (exact) mass is 305 g/mol. The number of nitrogens with one attached hydrogen (secondary N) is 1. The van der Waals surface area contributed by atoms with Crippen molar-refractivity contribution in [3.63, 3.8) is 0 Å². The Kier molecular flexibility index (Phi) is 4.44. The first-order chi connectivity index (χ1) is 7.45. The summed E-state index contributed by atoms with van der Waals surface area (Å²) in [5, 5.41) is 15.2. The Bertz CT molecular complexity index is 423. The molecule has 0 radical (unpaired) electrons. The van der Waals surface area contributed by atoms with Gasteiger partial charge in [-0.15, -0.1) is 0 Å². The van der Waals surface area contributed by atoms with Crippen molar-refractivity contribution in [1.82, 2.24) is 0 Å². The lowest BCUT2D eigenvalue weighted by Crippen LogP contribution is -2.33. The van der Waals surface area contributed by atoms with E-state index < -0.39 is 0 Å². The highest BCUT2D eigenvalue weighted by atomic mass is 79.9. The van der Waals surface area contributed by atoms with Gasteiger partial charge >= 0.3 is 0 Å². The Morgan fingerprint density at radius 3 is 2.81 bits per heavy atom. The number of hydrogen-bond acceptors (Lipinski definition) is 3. The maximum atomic E-state index is 8.54. The van der Waals surface area contributed by atoms with Gasteiger partial charge < -0.3 is 16.3 Å².